The van der Waals surface area contributed by atoms with E-state index in [1.807, 2.05) is 43.3 Å². The summed E-state index contributed by atoms with van der Waals surface area (Å²) in [4.78, 5) is 34.9. The number of benzene rings is 1. The average molecular weight is 363 g/mol. The van der Waals surface area contributed by atoms with Crippen LogP contribution in [0.3, 0.4) is 0 Å². The number of hydrogen-bond donors (Lipinski definition) is 2. The van der Waals surface area contributed by atoms with Crippen LogP contribution < -0.4 is 16.2 Å². The normalized spacial score (nSPS) is 18.5. The molecule has 138 valence electrons. The lowest BCUT2D eigenvalue weighted by atomic mass is 9.91. The van der Waals surface area contributed by atoms with Crippen molar-refractivity contribution in [2.75, 3.05) is 11.4 Å². The summed E-state index contributed by atoms with van der Waals surface area (Å²) in [5, 5.41) is 0. The second-order valence-corrected chi connectivity index (χ2v) is 6.29. The van der Waals surface area contributed by atoms with E-state index in [2.05, 4.69) is 15.4 Å². The largest absolute Gasteiger partial charge is 0.302 e. The van der Waals surface area contributed by atoms with E-state index < -0.39 is 5.92 Å². The van der Waals surface area contributed by atoms with E-state index >= 15 is 0 Å². The maximum Gasteiger partial charge on any atom is 0.258 e. The lowest BCUT2D eigenvalue weighted by Crippen LogP contribution is -2.40. The molecule has 2 unspecified atom stereocenters. The van der Waals surface area contributed by atoms with Crippen molar-refractivity contribution in [2.24, 2.45) is 22.7 Å². The van der Waals surface area contributed by atoms with Crippen molar-refractivity contribution < 1.29 is 9.59 Å². The van der Waals surface area contributed by atoms with Gasteiger partial charge >= 0.3 is 0 Å². The van der Waals surface area contributed by atoms with Crippen LogP contribution in [0.5, 0.6) is 0 Å². The van der Waals surface area contributed by atoms with E-state index in [9.17, 15) is 9.59 Å². The van der Waals surface area contributed by atoms with E-state index in [0.717, 1.165) is 11.4 Å². The van der Waals surface area contributed by atoms with Crippen LogP contribution in [-0.2, 0) is 4.79 Å². The number of carbonyl (C=O) groups excluding carboxylic acids is 2. The molecule has 2 aromatic rings. The highest BCUT2D eigenvalue weighted by Gasteiger charge is 2.26. The molecule has 0 saturated heterocycles. The first-order valence-corrected chi connectivity index (χ1v) is 8.62. The summed E-state index contributed by atoms with van der Waals surface area (Å²) in [6, 6.07) is 12.8. The zero-order valence-electron chi connectivity index (χ0n) is 14.9. The van der Waals surface area contributed by atoms with Crippen LogP contribution in [0.2, 0.25) is 0 Å². The number of carbonyl (C=O) groups is 2. The molecule has 3 N–H and O–H groups in total. The van der Waals surface area contributed by atoms with Crippen LogP contribution in [0.4, 0.5) is 5.69 Å². The topological polar surface area (TPSA) is 101 Å². The van der Waals surface area contributed by atoms with E-state index in [1.165, 1.54) is 0 Å². The molecule has 1 aromatic heterocycles. The lowest BCUT2D eigenvalue weighted by molar-refractivity contribution is -0.123. The molecule has 27 heavy (non-hydrogen) atoms. The number of rotatable bonds is 5. The molecular weight excluding hydrogens is 342 g/mol. The zero-order chi connectivity index (χ0) is 19.2. The predicted octanol–water partition coefficient (Wildman–Crippen LogP) is 1.94. The van der Waals surface area contributed by atoms with Crippen LogP contribution in [0.25, 0.3) is 0 Å². The Morgan fingerprint density at radius 3 is 2.48 bits per heavy atom. The third kappa shape index (κ3) is 4.27. The van der Waals surface area contributed by atoms with Crippen LogP contribution in [-0.4, -0.2) is 29.6 Å². The van der Waals surface area contributed by atoms with Gasteiger partial charge in [-0.05, 0) is 30.2 Å². The highest BCUT2D eigenvalue weighted by atomic mass is 16.2. The number of aliphatic imine (C=N–C) groups is 1. The molecule has 7 nitrogen and oxygen atoms in total. The van der Waals surface area contributed by atoms with Crippen molar-refractivity contribution in [1.82, 2.24) is 10.4 Å². The molecule has 3 rings (SSSR count). The Balaban J connectivity index is 1.86. The van der Waals surface area contributed by atoms with Crippen LogP contribution in [0.15, 0.2) is 71.6 Å². The second kappa shape index (κ2) is 8.37. The minimum Gasteiger partial charge on any atom is -0.302 e. The number of nitrogens with zero attached hydrogens (tertiary/aromatic N) is 3. The van der Waals surface area contributed by atoms with Crippen molar-refractivity contribution in [1.29, 1.82) is 0 Å². The molecule has 7 heteroatoms. The number of hydrogen-bond acceptors (Lipinski definition) is 5. The van der Waals surface area contributed by atoms with Gasteiger partial charge in [0.25, 0.3) is 5.91 Å². The van der Waals surface area contributed by atoms with Crippen molar-refractivity contribution in [2.45, 2.75) is 6.92 Å². The minimum absolute atomic E-state index is 0.0744. The SMILES string of the molecule is CC1C=C(CN(C(=O)c2ccncc2)c2ccccc2)N=CC1C(=O)NN. The van der Waals surface area contributed by atoms with E-state index in [0.29, 0.717) is 12.1 Å². The highest BCUT2D eigenvalue weighted by Crippen LogP contribution is 2.23. The van der Waals surface area contributed by atoms with Gasteiger partial charge in [0.15, 0.2) is 0 Å². The number of pyridine rings is 1. The number of para-hydroxylation sites is 1. The van der Waals surface area contributed by atoms with Gasteiger partial charge in [-0.1, -0.05) is 31.2 Å². The molecule has 0 fully saturated rings. The molecule has 1 aliphatic heterocycles. The Morgan fingerprint density at radius 1 is 1.15 bits per heavy atom. The number of aromatic nitrogens is 1. The molecule has 2 heterocycles. The number of anilines is 1. The molecule has 2 atom stereocenters. The Hall–Kier alpha value is -3.32. The number of amides is 2. The fraction of sp³-hybridized carbons (Fsp3) is 0.200. The van der Waals surface area contributed by atoms with Gasteiger partial charge in [0.2, 0.25) is 5.91 Å². The first kappa shape index (κ1) is 18.5. The Bertz CT molecular complexity index is 864. The molecule has 2 amide bonds. The van der Waals surface area contributed by atoms with Gasteiger partial charge in [-0.2, -0.15) is 0 Å². The first-order valence-electron chi connectivity index (χ1n) is 8.62. The molecular formula is C20H21N5O2. The summed E-state index contributed by atoms with van der Waals surface area (Å²) in [5.74, 6) is 4.30. The van der Waals surface area contributed by atoms with Crippen LogP contribution >= 0.6 is 0 Å². The quantitative estimate of drug-likeness (QED) is 0.481. The summed E-state index contributed by atoms with van der Waals surface area (Å²) in [7, 11) is 0. The third-order valence-electron chi connectivity index (χ3n) is 4.43. The van der Waals surface area contributed by atoms with Gasteiger partial charge in [-0.15, -0.1) is 0 Å². The minimum atomic E-state index is -0.417. The second-order valence-electron chi connectivity index (χ2n) is 6.29. The smallest absolute Gasteiger partial charge is 0.258 e. The molecule has 0 radical (unpaired) electrons. The Morgan fingerprint density at radius 2 is 1.85 bits per heavy atom. The predicted molar refractivity (Wildman–Crippen MR) is 104 cm³/mol. The van der Waals surface area contributed by atoms with Crippen LogP contribution in [0.1, 0.15) is 17.3 Å². The monoisotopic (exact) mass is 363 g/mol. The van der Waals surface area contributed by atoms with Crippen molar-refractivity contribution in [3.05, 3.63) is 72.2 Å². The molecule has 0 aliphatic carbocycles. The summed E-state index contributed by atoms with van der Waals surface area (Å²) >= 11 is 0. The maximum atomic E-state index is 13.1. The van der Waals surface area contributed by atoms with Gasteiger partial charge in [0, 0.05) is 29.9 Å². The average Bonchev–Trinajstić information content (AvgIpc) is 2.72. The molecule has 1 aromatic carbocycles. The van der Waals surface area contributed by atoms with E-state index in [-0.39, 0.29) is 17.7 Å². The molecule has 0 bridgehead atoms. The van der Waals surface area contributed by atoms with Gasteiger partial charge in [-0.3, -0.25) is 25.0 Å². The Labute approximate surface area is 157 Å². The third-order valence-corrected chi connectivity index (χ3v) is 4.43. The first-order chi connectivity index (χ1) is 13.1. The molecule has 1 aliphatic rings. The summed E-state index contributed by atoms with van der Waals surface area (Å²) in [6.45, 7) is 2.21. The lowest BCUT2D eigenvalue weighted by Gasteiger charge is -2.26. The van der Waals surface area contributed by atoms with E-state index in [4.69, 9.17) is 5.84 Å². The summed E-state index contributed by atoms with van der Waals surface area (Å²) in [6.07, 6.45) is 6.66. The fourth-order valence-electron chi connectivity index (χ4n) is 2.96. The Kier molecular flexibility index (Phi) is 5.73. The standard InChI is InChI=1S/C20H21N5O2/c1-14-11-16(23-12-18(14)19(26)24-21)13-25(17-5-3-2-4-6-17)20(27)15-7-9-22-10-8-15/h2-12,14,18H,13,21H2,1H3,(H,24,26). The fourth-order valence-corrected chi connectivity index (χ4v) is 2.96. The highest BCUT2D eigenvalue weighted by molar-refractivity contribution is 6.06. The summed E-state index contributed by atoms with van der Waals surface area (Å²) < 4.78 is 0. The number of nitrogens with two attached hydrogens (primary N) is 1. The molecule has 0 spiro atoms. The zero-order valence-corrected chi connectivity index (χ0v) is 14.9. The van der Waals surface area contributed by atoms with Gasteiger partial charge in [0.05, 0.1) is 18.2 Å². The van der Waals surface area contributed by atoms with Gasteiger partial charge in [0.1, 0.15) is 0 Å². The molecule has 0 saturated carbocycles. The maximum absolute atomic E-state index is 13.1. The summed E-state index contributed by atoms with van der Waals surface area (Å²) in [5.41, 5.74) is 4.19. The van der Waals surface area contributed by atoms with Crippen molar-refractivity contribution >= 4 is 23.7 Å². The van der Waals surface area contributed by atoms with Crippen molar-refractivity contribution in [3.63, 3.8) is 0 Å². The number of nitrogens with one attached hydrogen (secondary N) is 1. The van der Waals surface area contributed by atoms with E-state index in [1.54, 1.807) is 35.6 Å². The van der Waals surface area contributed by atoms with Crippen molar-refractivity contribution in [3.8, 4) is 0 Å². The number of hydrazine groups is 1. The van der Waals surface area contributed by atoms with Gasteiger partial charge in [-0.25, -0.2) is 5.84 Å². The van der Waals surface area contributed by atoms with Crippen LogP contribution in [0, 0.1) is 11.8 Å². The van der Waals surface area contributed by atoms with Gasteiger partial charge < -0.3 is 4.90 Å². The number of allylic oxidation sites excluding steroid dienone is 1.